The van der Waals surface area contributed by atoms with Crippen LogP contribution in [0.2, 0.25) is 0 Å². The zero-order valence-electron chi connectivity index (χ0n) is 79.3. The van der Waals surface area contributed by atoms with Crippen molar-refractivity contribution in [2.45, 2.75) is 0 Å². The molecule has 11 nitrogen and oxygen atoms in total. The van der Waals surface area contributed by atoms with Crippen LogP contribution in [0, 0.1) is 0 Å². The summed E-state index contributed by atoms with van der Waals surface area (Å²) in [4.78, 5) is 50.4. The van der Waals surface area contributed by atoms with Crippen LogP contribution in [0.4, 0.5) is 0 Å². The molecule has 30 rings (SSSR count). The van der Waals surface area contributed by atoms with Crippen molar-refractivity contribution in [3.05, 3.63) is 485 Å². The highest BCUT2D eigenvalue weighted by atomic mass is 32.1. The van der Waals surface area contributed by atoms with Crippen molar-refractivity contribution in [3.63, 3.8) is 0 Å². The Bertz CT molecular complexity index is 10400. The monoisotopic (exact) mass is 1940 g/mol. The van der Waals surface area contributed by atoms with E-state index in [1.165, 1.54) is 126 Å². The number of rotatable bonds is 13. The number of hydrogen-bond acceptors (Lipinski definition) is 14. The number of pyridine rings is 1. The summed E-state index contributed by atoms with van der Waals surface area (Å²) in [5, 5.41) is 24.1. The molecule has 22 aromatic carbocycles. The van der Waals surface area contributed by atoms with Crippen LogP contribution in [0.3, 0.4) is 0 Å². The van der Waals surface area contributed by atoms with Crippen molar-refractivity contribution in [1.29, 1.82) is 0 Å². The molecule has 14 heteroatoms. The molecule has 0 aliphatic rings. The number of hydrogen-bond donors (Lipinski definition) is 0. The van der Waals surface area contributed by atoms with Crippen molar-refractivity contribution < 1.29 is 4.42 Å². The Morgan fingerprint density at radius 1 is 0.162 bits per heavy atom. The van der Waals surface area contributed by atoms with E-state index in [4.69, 9.17) is 54.3 Å². The first-order chi connectivity index (χ1) is 73.3. The first-order valence-corrected chi connectivity index (χ1v) is 51.8. The fraction of sp³-hybridized carbons (Fsp3) is 0. The van der Waals surface area contributed by atoms with Gasteiger partial charge in [0.2, 0.25) is 0 Å². The maximum atomic E-state index is 6.85. The van der Waals surface area contributed by atoms with Gasteiger partial charge in [-0.05, 0) is 172 Å². The molecule has 0 spiro atoms. The third-order valence-corrected chi connectivity index (χ3v) is 31.5. The molecule has 0 aliphatic heterocycles. The highest BCUT2D eigenvalue weighted by Gasteiger charge is 2.28. The summed E-state index contributed by atoms with van der Waals surface area (Å²) < 4.78 is 14.6. The SMILES string of the molecule is c1ccc(-c2ccc(-c3nc(-c4ccccc4)nc(-c4ccc(-c5c6ccccc6cc6sc7ccccc7c56)cc4)n3)cn2)cc1.c1ccc(-c2nc(-c3ccc4c(ccc5ccccc54)c3)nc(-c3cc(-c4c5ccccc5cc5sc6ccccc6c45)cc4ccccc34)n2)cc1.c1ccc(-c2nc(-c3ccccc3)nc(-c3ccc(-c4c5ccccc5cc5sc6ccccc6c45)c4oc5ccccc5c34)n2)cc1. The minimum absolute atomic E-state index is 0.588. The lowest BCUT2D eigenvalue weighted by molar-refractivity contribution is 0.670. The van der Waals surface area contributed by atoms with Gasteiger partial charge in [0, 0.05) is 144 Å². The van der Waals surface area contributed by atoms with Crippen molar-refractivity contribution in [2.24, 2.45) is 0 Å². The normalized spacial score (nSPS) is 11.6. The van der Waals surface area contributed by atoms with Gasteiger partial charge in [-0.25, -0.2) is 44.9 Å². The van der Waals surface area contributed by atoms with E-state index >= 15 is 0 Å². The summed E-state index contributed by atoms with van der Waals surface area (Å²) in [6.07, 6.45) is 1.84. The number of furan rings is 1. The minimum Gasteiger partial charge on any atom is -0.455 e. The molecule has 30 aromatic rings. The summed E-state index contributed by atoms with van der Waals surface area (Å²) in [7, 11) is 0. The largest absolute Gasteiger partial charge is 0.455 e. The molecular weight excluding hydrogens is 1860 g/mol. The van der Waals surface area contributed by atoms with Gasteiger partial charge in [0.25, 0.3) is 0 Å². The van der Waals surface area contributed by atoms with E-state index in [1.807, 2.05) is 192 Å². The standard InChI is InChI=1S/C49H29N3S.C43H25N3OS.C42H26N4S/c1-2-13-31(14-3-1)47-50-48(35-24-25-39-34(26-35)23-22-30-12-4-7-17-37(30)39)52-49(51-47)42-28-36(27-32-15-5-8-18-38(32)42)45-40-19-9-6-16-33(40)29-44-46(45)41-20-10-11-21-43(41)53-44;1-3-13-26(14-4-1)41-44-42(27-15-5-2-6-16-27)46-43(45-41)33-24-23-32(40-38(33)30-19-9-11-21-34(30)47-40)37-29-18-8-7-17-28(29)25-36-39(37)31-20-10-12-22-35(31)48-36;1-3-11-27(12-4-1)35-24-23-32(26-43-35)42-45-40(29-13-5-2-6-14-29)44-41(46-42)30-21-19-28(20-22-30)38-33-16-8-7-15-31(33)25-37-39(38)34-17-9-10-18-36(34)47-37/h1-29H;1-25H;1-26H. The van der Waals surface area contributed by atoms with E-state index in [-0.39, 0.29) is 0 Å². The Hall–Kier alpha value is -19.0. The number of benzene rings is 22. The Labute approximate surface area is 861 Å². The molecule has 0 N–H and O–H groups in total. The van der Waals surface area contributed by atoms with Crippen LogP contribution in [-0.4, -0.2) is 49.8 Å². The third-order valence-electron chi connectivity index (χ3n) is 28.2. The molecule has 0 amide bonds. The molecule has 0 unspecified atom stereocenters. The van der Waals surface area contributed by atoms with Gasteiger partial charge in [-0.15, -0.1) is 34.0 Å². The summed E-state index contributed by atoms with van der Waals surface area (Å²) in [6.45, 7) is 0. The van der Waals surface area contributed by atoms with Crippen LogP contribution >= 0.6 is 34.0 Å². The minimum atomic E-state index is 0.588. The van der Waals surface area contributed by atoms with E-state index in [9.17, 15) is 0 Å². The molecule has 8 heterocycles. The maximum absolute atomic E-state index is 6.85. The van der Waals surface area contributed by atoms with Gasteiger partial charge >= 0.3 is 0 Å². The van der Waals surface area contributed by atoms with Gasteiger partial charge in [0.15, 0.2) is 52.4 Å². The zero-order chi connectivity index (χ0) is 97.6. The van der Waals surface area contributed by atoms with Crippen LogP contribution in [0.15, 0.2) is 490 Å². The quantitative estimate of drug-likeness (QED) is 0.102. The van der Waals surface area contributed by atoms with Crippen molar-refractivity contribution in [2.75, 3.05) is 0 Å². The fourth-order valence-electron chi connectivity index (χ4n) is 21.2. The number of aromatic nitrogens is 10. The predicted molar refractivity (Wildman–Crippen MR) is 619 cm³/mol. The summed E-state index contributed by atoms with van der Waals surface area (Å²) in [6, 6.07) is 168. The van der Waals surface area contributed by atoms with Crippen LogP contribution in [-0.2, 0) is 0 Å². The van der Waals surface area contributed by atoms with Crippen LogP contribution in [0.5, 0.6) is 0 Å². The summed E-state index contributed by atoms with van der Waals surface area (Å²) in [5.74, 6) is 5.65. The van der Waals surface area contributed by atoms with Crippen LogP contribution in [0.25, 0.3) is 294 Å². The molecule has 690 valence electrons. The van der Waals surface area contributed by atoms with E-state index in [0.717, 1.165) is 116 Å². The Morgan fingerprint density at radius 2 is 0.480 bits per heavy atom. The van der Waals surface area contributed by atoms with E-state index < -0.39 is 0 Å². The first-order valence-electron chi connectivity index (χ1n) is 49.4. The number of thiophene rings is 3. The molecule has 0 atom stereocenters. The Morgan fingerprint density at radius 3 is 0.966 bits per heavy atom. The molecule has 0 saturated heterocycles. The van der Waals surface area contributed by atoms with E-state index in [2.05, 4.69) is 328 Å². The molecular formula is C134H80N10OS3. The lowest BCUT2D eigenvalue weighted by Gasteiger charge is -2.15. The average molecular weight is 1940 g/mol. The number of nitrogens with zero attached hydrogens (tertiary/aromatic N) is 10. The van der Waals surface area contributed by atoms with Crippen LogP contribution < -0.4 is 0 Å². The molecule has 0 radical (unpaired) electrons. The van der Waals surface area contributed by atoms with Crippen molar-refractivity contribution in [1.82, 2.24) is 49.8 Å². The highest BCUT2D eigenvalue weighted by Crippen LogP contribution is 2.53. The maximum Gasteiger partial charge on any atom is 0.165 e. The molecule has 148 heavy (non-hydrogen) atoms. The van der Waals surface area contributed by atoms with Crippen molar-refractivity contribution in [3.8, 4) is 147 Å². The van der Waals surface area contributed by atoms with E-state index in [1.54, 1.807) is 0 Å². The van der Waals surface area contributed by atoms with Gasteiger partial charge in [-0.1, -0.05) is 394 Å². The second-order valence-corrected chi connectivity index (χ2v) is 40.3. The predicted octanol–water partition coefficient (Wildman–Crippen LogP) is 36.6. The zero-order valence-corrected chi connectivity index (χ0v) is 81.7. The van der Waals surface area contributed by atoms with Crippen molar-refractivity contribution >= 4 is 181 Å². The Kier molecular flexibility index (Phi) is 21.6. The summed E-state index contributed by atoms with van der Waals surface area (Å²) in [5.41, 5.74) is 19.0. The molecule has 0 aliphatic carbocycles. The molecule has 0 bridgehead atoms. The Balaban J connectivity index is 0.000000107. The fourth-order valence-corrected chi connectivity index (χ4v) is 24.7. The topological polar surface area (TPSA) is 142 Å². The van der Waals surface area contributed by atoms with Gasteiger partial charge in [-0.2, -0.15) is 0 Å². The molecule has 0 saturated carbocycles. The third kappa shape index (κ3) is 15.7. The lowest BCUT2D eigenvalue weighted by Crippen LogP contribution is -2.01. The van der Waals surface area contributed by atoms with Gasteiger partial charge < -0.3 is 4.42 Å². The first kappa shape index (κ1) is 86.9. The molecule has 0 fully saturated rings. The smallest absolute Gasteiger partial charge is 0.165 e. The second-order valence-electron chi connectivity index (χ2n) is 37.0. The van der Waals surface area contributed by atoms with Crippen LogP contribution in [0.1, 0.15) is 0 Å². The van der Waals surface area contributed by atoms with Gasteiger partial charge in [0.05, 0.1) is 5.69 Å². The van der Waals surface area contributed by atoms with E-state index in [0.29, 0.717) is 52.4 Å². The molecule has 8 aromatic heterocycles. The van der Waals surface area contributed by atoms with Gasteiger partial charge in [-0.3, -0.25) is 4.98 Å². The number of fused-ring (bicyclic) bond motifs is 19. The highest BCUT2D eigenvalue weighted by molar-refractivity contribution is 7.27. The second kappa shape index (κ2) is 36.8. The average Bonchev–Trinajstić information content (AvgIpc) is 1.54. The lowest BCUT2D eigenvalue weighted by atomic mass is 9.90. The number of para-hydroxylation sites is 1. The summed E-state index contributed by atoms with van der Waals surface area (Å²) >= 11 is 5.55. The van der Waals surface area contributed by atoms with Gasteiger partial charge in [0.1, 0.15) is 11.2 Å².